The van der Waals surface area contributed by atoms with Gasteiger partial charge in [0.05, 0.1) is 13.8 Å². The monoisotopic (exact) mass is 262 g/mol. The van der Waals surface area contributed by atoms with Crippen molar-refractivity contribution in [3.05, 3.63) is 36.1 Å². The molecule has 3 heteroatoms. The fourth-order valence-electron chi connectivity index (χ4n) is 2.61. The molecule has 0 atom stereocenters. The van der Waals surface area contributed by atoms with E-state index >= 15 is 0 Å². The maximum absolute atomic E-state index is 6.22. The van der Waals surface area contributed by atoms with E-state index in [1.807, 2.05) is 0 Å². The van der Waals surface area contributed by atoms with E-state index in [9.17, 15) is 0 Å². The van der Waals surface area contributed by atoms with Crippen LogP contribution in [0.1, 0.15) is 6.92 Å². The molecule has 0 aliphatic carbocycles. The topological polar surface area (TPSA) is 9.23 Å². The van der Waals surface area contributed by atoms with Crippen molar-refractivity contribution in [1.82, 2.24) is 0 Å². The average Bonchev–Trinajstić information content (AvgIpc) is 2.25. The average molecular weight is 263 g/mol. The first kappa shape index (κ1) is 12.6. The van der Waals surface area contributed by atoms with Crippen LogP contribution in [-0.4, -0.2) is 16.4 Å². The van der Waals surface area contributed by atoms with Gasteiger partial charge in [-0.15, -0.1) is 0 Å². The van der Waals surface area contributed by atoms with Crippen molar-refractivity contribution < 1.29 is 4.43 Å². The Morgan fingerprint density at radius 3 is 2.24 bits per heavy atom. The van der Waals surface area contributed by atoms with E-state index < -0.39 is 16.4 Å². The van der Waals surface area contributed by atoms with Gasteiger partial charge in [-0.2, -0.15) is 0 Å². The molecule has 1 aliphatic rings. The first-order valence-electron chi connectivity index (χ1n) is 6.29. The van der Waals surface area contributed by atoms with Crippen molar-refractivity contribution in [2.24, 2.45) is 0 Å². The third-order valence-corrected chi connectivity index (χ3v) is 9.56. The molecule has 0 saturated carbocycles. The molecular weight excluding hydrogens is 240 g/mol. The zero-order chi connectivity index (χ0) is 12.7. The Hall–Kier alpha value is -0.806. The highest BCUT2D eigenvalue weighted by Gasteiger charge is 2.36. The lowest BCUT2D eigenvalue weighted by Gasteiger charge is -2.34. The van der Waals surface area contributed by atoms with Crippen LogP contribution in [-0.2, 0) is 4.43 Å². The molecule has 0 fully saturated rings. The van der Waals surface area contributed by atoms with Crippen molar-refractivity contribution in [3.8, 4) is 0 Å². The molecule has 1 aliphatic heterocycles. The molecule has 0 radical (unpaired) electrons. The normalized spacial score (nSPS) is 24.6. The van der Waals surface area contributed by atoms with Crippen LogP contribution in [0.4, 0.5) is 0 Å². The smallest absolute Gasteiger partial charge is 0.276 e. The molecule has 0 bridgehead atoms. The highest BCUT2D eigenvalue weighted by molar-refractivity contribution is 6.97. The summed E-state index contributed by atoms with van der Waals surface area (Å²) in [7, 11) is -3.13. The SMILES string of the molecule is C/C1=C/C[Si](C)(C)c2ccccc2[Si](C)(C)O1. The number of hydrogen-bond acceptors (Lipinski definition) is 1. The Bertz CT molecular complexity index is 461. The van der Waals surface area contributed by atoms with Crippen molar-refractivity contribution in [3.63, 3.8) is 0 Å². The van der Waals surface area contributed by atoms with Crippen LogP contribution in [0, 0.1) is 0 Å². The van der Waals surface area contributed by atoms with Crippen LogP contribution < -0.4 is 10.4 Å². The van der Waals surface area contributed by atoms with E-state index in [-0.39, 0.29) is 0 Å². The maximum atomic E-state index is 6.22. The van der Waals surface area contributed by atoms with E-state index in [0.29, 0.717) is 0 Å². The fourth-order valence-corrected chi connectivity index (χ4v) is 9.13. The summed E-state index contributed by atoms with van der Waals surface area (Å²) in [6, 6.07) is 10.1. The van der Waals surface area contributed by atoms with Crippen LogP contribution >= 0.6 is 0 Å². The quantitative estimate of drug-likeness (QED) is 0.653. The minimum Gasteiger partial charge on any atom is -0.543 e. The second kappa shape index (κ2) is 4.14. The molecule has 1 aromatic carbocycles. The third kappa shape index (κ3) is 2.40. The van der Waals surface area contributed by atoms with E-state index in [2.05, 4.69) is 63.5 Å². The lowest BCUT2D eigenvalue weighted by molar-refractivity contribution is 0.428. The Morgan fingerprint density at radius 1 is 1.00 bits per heavy atom. The molecule has 2 rings (SSSR count). The van der Waals surface area contributed by atoms with Gasteiger partial charge in [-0.1, -0.05) is 48.6 Å². The van der Waals surface area contributed by atoms with Crippen molar-refractivity contribution in [2.45, 2.75) is 39.2 Å². The Labute approximate surface area is 107 Å². The van der Waals surface area contributed by atoms with Gasteiger partial charge in [0.1, 0.15) is 0 Å². The highest BCUT2D eigenvalue weighted by Crippen LogP contribution is 2.20. The largest absolute Gasteiger partial charge is 0.543 e. The Morgan fingerprint density at radius 2 is 1.59 bits per heavy atom. The summed E-state index contributed by atoms with van der Waals surface area (Å²) in [6.07, 6.45) is 2.30. The minimum absolute atomic E-state index is 1.12. The van der Waals surface area contributed by atoms with Gasteiger partial charge < -0.3 is 4.43 Å². The predicted molar refractivity (Wildman–Crippen MR) is 80.3 cm³/mol. The van der Waals surface area contributed by atoms with Gasteiger partial charge >= 0.3 is 0 Å². The number of benzene rings is 1. The van der Waals surface area contributed by atoms with Gasteiger partial charge in [-0.05, 0) is 31.2 Å². The van der Waals surface area contributed by atoms with Crippen LogP contribution in [0.2, 0.25) is 32.2 Å². The van der Waals surface area contributed by atoms with Crippen LogP contribution in [0.5, 0.6) is 0 Å². The molecule has 0 saturated heterocycles. The summed E-state index contributed by atoms with van der Waals surface area (Å²) in [5.74, 6) is 1.12. The van der Waals surface area contributed by atoms with Gasteiger partial charge in [-0.25, -0.2) is 0 Å². The van der Waals surface area contributed by atoms with Gasteiger partial charge in [-0.3, -0.25) is 0 Å². The molecule has 0 spiro atoms. The second-order valence-corrected chi connectivity index (χ2v) is 14.5. The molecule has 1 heterocycles. The molecule has 92 valence electrons. The Balaban J connectivity index is 2.63. The highest BCUT2D eigenvalue weighted by atomic mass is 28.4. The van der Waals surface area contributed by atoms with E-state index in [1.54, 1.807) is 5.19 Å². The second-order valence-electron chi connectivity index (χ2n) is 6.06. The summed E-state index contributed by atoms with van der Waals surface area (Å²) in [6.45, 7) is 11.6. The number of fused-ring (bicyclic) bond motifs is 1. The van der Waals surface area contributed by atoms with Crippen molar-refractivity contribution in [2.75, 3.05) is 0 Å². The number of hydrogen-bond donors (Lipinski definition) is 0. The molecule has 0 amide bonds. The van der Waals surface area contributed by atoms with Gasteiger partial charge in [0.2, 0.25) is 0 Å². The molecule has 17 heavy (non-hydrogen) atoms. The summed E-state index contributed by atoms with van der Waals surface area (Å²) in [4.78, 5) is 0. The lowest BCUT2D eigenvalue weighted by atomic mass is 10.4. The molecule has 0 aromatic heterocycles. The summed E-state index contributed by atoms with van der Waals surface area (Å²) in [5, 5.41) is 3.10. The van der Waals surface area contributed by atoms with Crippen LogP contribution in [0.3, 0.4) is 0 Å². The summed E-state index contributed by atoms with van der Waals surface area (Å²) in [5.41, 5.74) is 0. The zero-order valence-corrected chi connectivity index (χ0v) is 13.5. The number of rotatable bonds is 0. The zero-order valence-electron chi connectivity index (χ0n) is 11.5. The first-order chi connectivity index (χ1) is 7.83. The standard InChI is InChI=1S/C14H22OSi2/c1-12-10-11-16(2,3)13-8-6-7-9-14(13)17(4,5)15-12/h6-10H,11H2,1-5H3/b12-10-. The van der Waals surface area contributed by atoms with Gasteiger partial charge in [0, 0.05) is 0 Å². The first-order valence-corrected chi connectivity index (χ1v) is 12.4. The van der Waals surface area contributed by atoms with Crippen LogP contribution in [0.15, 0.2) is 36.1 Å². The van der Waals surface area contributed by atoms with Crippen molar-refractivity contribution in [1.29, 1.82) is 0 Å². The molecule has 1 aromatic rings. The number of allylic oxidation sites excluding steroid dienone is 2. The van der Waals surface area contributed by atoms with Crippen LogP contribution in [0.25, 0.3) is 0 Å². The van der Waals surface area contributed by atoms with Gasteiger partial charge in [0.25, 0.3) is 8.32 Å². The fraction of sp³-hybridized carbons (Fsp3) is 0.429. The molecule has 1 nitrogen and oxygen atoms in total. The van der Waals surface area contributed by atoms with Gasteiger partial charge in [0.15, 0.2) is 0 Å². The predicted octanol–water partition coefficient (Wildman–Crippen LogP) is 2.95. The minimum atomic E-state index is -1.78. The van der Waals surface area contributed by atoms with E-state index in [0.717, 1.165) is 5.76 Å². The lowest BCUT2D eigenvalue weighted by Crippen LogP contribution is -2.60. The molecule has 0 N–H and O–H groups in total. The van der Waals surface area contributed by atoms with E-state index in [1.165, 1.54) is 11.2 Å². The molecule has 0 unspecified atom stereocenters. The molecular formula is C14H22OSi2. The Kier molecular flexibility index (Phi) is 3.08. The maximum Gasteiger partial charge on any atom is 0.276 e. The van der Waals surface area contributed by atoms with Crippen molar-refractivity contribution >= 4 is 26.8 Å². The summed E-state index contributed by atoms with van der Waals surface area (Å²) < 4.78 is 6.22. The van der Waals surface area contributed by atoms with E-state index in [4.69, 9.17) is 4.43 Å². The summed E-state index contributed by atoms with van der Waals surface area (Å²) >= 11 is 0. The third-order valence-electron chi connectivity index (χ3n) is 3.62.